The van der Waals surface area contributed by atoms with Crippen molar-refractivity contribution >= 4 is 35.0 Å². The largest absolute Gasteiger partial charge is 0.446 e. The number of fused-ring (bicyclic) bond motifs is 2. The van der Waals surface area contributed by atoms with Crippen LogP contribution in [0.3, 0.4) is 0 Å². The van der Waals surface area contributed by atoms with Crippen molar-refractivity contribution in [2.24, 2.45) is 0 Å². The first-order valence-corrected chi connectivity index (χ1v) is 10.3. The molecule has 0 unspecified atom stereocenters. The molecule has 5 heteroatoms. The number of hydrogen-bond donors (Lipinski definition) is 1. The molecule has 138 valence electrons. The molecule has 0 amide bonds. The maximum absolute atomic E-state index is 15.0. The van der Waals surface area contributed by atoms with Gasteiger partial charge in [-0.1, -0.05) is 41.6 Å². The topological polar surface area (TPSA) is 25.2 Å². The summed E-state index contributed by atoms with van der Waals surface area (Å²) < 4.78 is 16.9. The Morgan fingerprint density at radius 1 is 1.07 bits per heavy atom. The third kappa shape index (κ3) is 2.95. The van der Waals surface area contributed by atoms with Gasteiger partial charge in [-0.25, -0.2) is 4.39 Å². The van der Waals surface area contributed by atoms with Gasteiger partial charge >= 0.3 is 6.92 Å². The molecule has 1 aliphatic heterocycles. The van der Waals surface area contributed by atoms with Gasteiger partial charge in [0.25, 0.3) is 0 Å². The molecule has 28 heavy (non-hydrogen) atoms. The molecule has 0 atom stereocenters. The minimum atomic E-state index is -0.503. The highest BCUT2D eigenvalue weighted by Gasteiger charge is 2.27. The SMILES string of the molecule is Cc1ccc2c(c1)c(Sc1ccccc1)cn2-c1cc2c(cc1F)CCB2O. The lowest BCUT2D eigenvalue weighted by molar-refractivity contribution is 0.587. The summed E-state index contributed by atoms with van der Waals surface area (Å²) in [6.45, 7) is 1.57. The van der Waals surface area contributed by atoms with E-state index in [4.69, 9.17) is 0 Å². The van der Waals surface area contributed by atoms with E-state index >= 15 is 0 Å². The van der Waals surface area contributed by atoms with Crippen LogP contribution in [0.2, 0.25) is 6.32 Å². The third-order valence-corrected chi connectivity index (χ3v) is 6.46. The Labute approximate surface area is 168 Å². The Morgan fingerprint density at radius 3 is 2.71 bits per heavy atom. The molecule has 5 rings (SSSR count). The van der Waals surface area contributed by atoms with Crippen molar-refractivity contribution in [3.63, 3.8) is 0 Å². The molecule has 2 heterocycles. The van der Waals surface area contributed by atoms with E-state index in [9.17, 15) is 9.41 Å². The molecule has 0 spiro atoms. The predicted octanol–water partition coefficient (Wildman–Crippen LogP) is 4.98. The van der Waals surface area contributed by atoms with Gasteiger partial charge in [0, 0.05) is 21.4 Å². The van der Waals surface area contributed by atoms with Gasteiger partial charge in [0.15, 0.2) is 0 Å². The van der Waals surface area contributed by atoms with Gasteiger partial charge in [-0.3, -0.25) is 0 Å². The van der Waals surface area contributed by atoms with E-state index in [1.807, 2.05) is 41.1 Å². The van der Waals surface area contributed by atoms with Crippen LogP contribution in [-0.4, -0.2) is 16.5 Å². The van der Waals surface area contributed by atoms with E-state index in [1.165, 1.54) is 5.56 Å². The smallest absolute Gasteiger partial charge is 0.324 e. The summed E-state index contributed by atoms with van der Waals surface area (Å²) in [5.41, 5.74) is 4.40. The molecule has 3 aromatic carbocycles. The lowest BCUT2D eigenvalue weighted by atomic mass is 9.63. The third-order valence-electron chi connectivity index (χ3n) is 5.41. The van der Waals surface area contributed by atoms with E-state index in [2.05, 4.69) is 31.2 Å². The van der Waals surface area contributed by atoms with Crippen molar-refractivity contribution in [1.82, 2.24) is 4.57 Å². The van der Waals surface area contributed by atoms with Gasteiger partial charge in [-0.05, 0) is 67.1 Å². The van der Waals surface area contributed by atoms with Gasteiger partial charge in [0.1, 0.15) is 5.82 Å². The van der Waals surface area contributed by atoms with Crippen LogP contribution in [-0.2, 0) is 6.42 Å². The highest BCUT2D eigenvalue weighted by molar-refractivity contribution is 7.99. The van der Waals surface area contributed by atoms with Gasteiger partial charge in [-0.2, -0.15) is 0 Å². The molecule has 0 saturated heterocycles. The summed E-state index contributed by atoms with van der Waals surface area (Å²) in [5, 5.41) is 11.4. The molecular weight excluding hydrogens is 368 g/mol. The van der Waals surface area contributed by atoms with Crippen LogP contribution < -0.4 is 5.46 Å². The summed E-state index contributed by atoms with van der Waals surface area (Å²) in [6, 6.07) is 19.9. The lowest BCUT2D eigenvalue weighted by Gasteiger charge is -2.11. The molecule has 1 aliphatic rings. The maximum Gasteiger partial charge on any atom is 0.324 e. The van der Waals surface area contributed by atoms with E-state index < -0.39 is 6.92 Å². The first-order valence-electron chi connectivity index (χ1n) is 9.45. The molecule has 0 aliphatic carbocycles. The van der Waals surface area contributed by atoms with Crippen LogP contribution in [0.5, 0.6) is 0 Å². The van der Waals surface area contributed by atoms with Crippen molar-refractivity contribution in [2.75, 3.05) is 0 Å². The number of halogens is 1. The number of aromatic nitrogens is 1. The minimum absolute atomic E-state index is 0.249. The number of nitrogens with zero attached hydrogens (tertiary/aromatic N) is 1. The predicted molar refractivity (Wildman–Crippen MR) is 115 cm³/mol. The first-order chi connectivity index (χ1) is 13.6. The van der Waals surface area contributed by atoms with Crippen LogP contribution >= 0.6 is 11.8 Å². The van der Waals surface area contributed by atoms with E-state index in [1.54, 1.807) is 17.8 Å². The summed E-state index contributed by atoms with van der Waals surface area (Å²) >= 11 is 1.68. The van der Waals surface area contributed by atoms with E-state index in [0.717, 1.165) is 38.1 Å². The average molecular weight is 387 g/mol. The normalized spacial score (nSPS) is 13.3. The fourth-order valence-electron chi connectivity index (χ4n) is 3.99. The lowest BCUT2D eigenvalue weighted by Crippen LogP contribution is -2.26. The van der Waals surface area contributed by atoms with E-state index in [0.29, 0.717) is 12.0 Å². The zero-order valence-corrected chi connectivity index (χ0v) is 16.3. The quantitative estimate of drug-likeness (QED) is 0.502. The monoisotopic (exact) mass is 387 g/mol. The molecule has 0 bridgehead atoms. The Hall–Kier alpha value is -2.50. The highest BCUT2D eigenvalue weighted by Crippen LogP contribution is 2.37. The van der Waals surface area contributed by atoms with Crippen LogP contribution in [0.4, 0.5) is 4.39 Å². The van der Waals surface area contributed by atoms with Crippen LogP contribution in [0, 0.1) is 12.7 Å². The van der Waals surface area contributed by atoms with Crippen LogP contribution in [0.25, 0.3) is 16.6 Å². The second-order valence-electron chi connectivity index (χ2n) is 7.36. The van der Waals surface area contributed by atoms with Gasteiger partial charge in [0.2, 0.25) is 0 Å². The Bertz CT molecular complexity index is 1190. The van der Waals surface area contributed by atoms with Gasteiger partial charge < -0.3 is 9.59 Å². The second kappa shape index (κ2) is 6.84. The molecule has 0 radical (unpaired) electrons. The van der Waals surface area contributed by atoms with Crippen molar-refractivity contribution < 1.29 is 9.41 Å². The number of rotatable bonds is 3. The van der Waals surface area contributed by atoms with Crippen molar-refractivity contribution in [3.8, 4) is 5.69 Å². The minimum Gasteiger partial charge on any atom is -0.446 e. The standard InChI is InChI=1S/C23H19BFNOS/c1-15-7-8-21-18(11-15)23(28-17-5-3-2-4-6-17)14-26(21)22-13-19-16(12-20(22)25)9-10-24(19)27/h2-8,11-14,27H,9-10H2,1H3. The number of hydrogen-bond acceptors (Lipinski definition) is 2. The zero-order valence-electron chi connectivity index (χ0n) is 15.5. The molecule has 4 aromatic rings. The first kappa shape index (κ1) is 17.6. The maximum atomic E-state index is 15.0. The number of aryl methyl sites for hydroxylation is 2. The molecule has 0 saturated carbocycles. The highest BCUT2D eigenvalue weighted by atomic mass is 32.2. The summed E-state index contributed by atoms with van der Waals surface area (Å²) in [4.78, 5) is 2.23. The van der Waals surface area contributed by atoms with Gasteiger partial charge in [-0.15, -0.1) is 0 Å². The van der Waals surface area contributed by atoms with E-state index in [-0.39, 0.29) is 5.82 Å². The fourth-order valence-corrected chi connectivity index (χ4v) is 4.97. The van der Waals surface area contributed by atoms with Crippen molar-refractivity contribution in [2.45, 2.75) is 29.5 Å². The Kier molecular flexibility index (Phi) is 4.29. The van der Waals surface area contributed by atoms with Crippen molar-refractivity contribution in [1.29, 1.82) is 0 Å². The molecule has 0 fully saturated rings. The molecule has 2 nitrogen and oxygen atoms in total. The van der Waals surface area contributed by atoms with Crippen molar-refractivity contribution in [3.05, 3.63) is 83.8 Å². The molecule has 1 N–H and O–H groups in total. The Morgan fingerprint density at radius 2 is 1.89 bits per heavy atom. The summed E-state index contributed by atoms with van der Waals surface area (Å²) in [6.07, 6.45) is 3.40. The second-order valence-corrected chi connectivity index (χ2v) is 8.47. The molecular formula is C23H19BFNOS. The Balaban J connectivity index is 1.70. The summed E-state index contributed by atoms with van der Waals surface area (Å²) in [7, 11) is 0. The molecule has 1 aromatic heterocycles. The van der Waals surface area contributed by atoms with Gasteiger partial charge in [0.05, 0.1) is 11.2 Å². The summed E-state index contributed by atoms with van der Waals surface area (Å²) in [5.74, 6) is -0.249. The average Bonchev–Trinajstić information content (AvgIpc) is 3.22. The van der Waals surface area contributed by atoms with Crippen LogP contribution in [0.15, 0.2) is 76.7 Å². The zero-order chi connectivity index (χ0) is 19.3. The number of benzene rings is 3. The van der Waals surface area contributed by atoms with Crippen LogP contribution in [0.1, 0.15) is 11.1 Å². The fraction of sp³-hybridized carbons (Fsp3) is 0.130.